The van der Waals surface area contributed by atoms with Gasteiger partial charge in [-0.05, 0) is 20.6 Å². The van der Waals surface area contributed by atoms with Gasteiger partial charge in [-0.1, -0.05) is 36.4 Å². The zero-order valence-electron chi connectivity index (χ0n) is 9.00. The molecule has 0 bridgehead atoms. The van der Waals surface area contributed by atoms with Crippen molar-refractivity contribution in [1.82, 2.24) is 0 Å². The van der Waals surface area contributed by atoms with E-state index in [4.69, 9.17) is 8.71 Å². The SMILES string of the molecule is POc1ccccc1-c1ccccc1OSP. The van der Waals surface area contributed by atoms with Gasteiger partial charge in [-0.25, -0.2) is 0 Å². The van der Waals surface area contributed by atoms with Crippen molar-refractivity contribution in [3.8, 4) is 22.6 Å². The van der Waals surface area contributed by atoms with Crippen LogP contribution in [0.5, 0.6) is 11.5 Å². The predicted octanol–water partition coefficient (Wildman–Crippen LogP) is 4.34. The third-order valence-electron chi connectivity index (χ3n) is 2.33. The summed E-state index contributed by atoms with van der Waals surface area (Å²) in [5.74, 6) is 1.63. The minimum Gasteiger partial charge on any atom is -0.480 e. The Morgan fingerprint density at radius 1 is 0.824 bits per heavy atom. The lowest BCUT2D eigenvalue weighted by molar-refractivity contribution is 0.642. The third kappa shape index (κ3) is 2.93. The van der Waals surface area contributed by atoms with Gasteiger partial charge in [-0.3, -0.25) is 0 Å². The van der Waals surface area contributed by atoms with E-state index in [0.717, 1.165) is 22.6 Å². The Hall–Kier alpha value is -0.750. The van der Waals surface area contributed by atoms with E-state index in [9.17, 15) is 0 Å². The largest absolute Gasteiger partial charge is 0.480 e. The number of hydrogen-bond acceptors (Lipinski definition) is 3. The Bertz CT molecular complexity index is 505. The van der Waals surface area contributed by atoms with Gasteiger partial charge >= 0.3 is 0 Å². The van der Waals surface area contributed by atoms with Gasteiger partial charge in [-0.15, -0.1) is 0 Å². The average molecular weight is 282 g/mol. The van der Waals surface area contributed by atoms with E-state index < -0.39 is 0 Å². The minimum atomic E-state index is 0.808. The summed E-state index contributed by atoms with van der Waals surface area (Å²) in [6.45, 7) is 0. The van der Waals surface area contributed by atoms with Crippen LogP contribution in [0.3, 0.4) is 0 Å². The number of benzene rings is 2. The highest BCUT2D eigenvalue weighted by Gasteiger charge is 2.10. The molecule has 0 aliphatic carbocycles. The molecule has 2 aromatic rings. The van der Waals surface area contributed by atoms with Crippen molar-refractivity contribution >= 4 is 29.6 Å². The summed E-state index contributed by atoms with van der Waals surface area (Å²) in [5.41, 5.74) is 2.03. The molecule has 88 valence electrons. The maximum atomic E-state index is 5.51. The molecule has 2 unspecified atom stereocenters. The zero-order valence-corrected chi connectivity index (χ0v) is 12.1. The van der Waals surface area contributed by atoms with E-state index >= 15 is 0 Å². The fourth-order valence-electron chi connectivity index (χ4n) is 1.61. The predicted molar refractivity (Wildman–Crippen MR) is 80.1 cm³/mol. The second-order valence-corrected chi connectivity index (χ2v) is 4.46. The molecule has 0 saturated heterocycles. The van der Waals surface area contributed by atoms with Gasteiger partial charge in [0.05, 0.1) is 21.1 Å². The maximum absolute atomic E-state index is 5.51. The van der Waals surface area contributed by atoms with Gasteiger partial charge in [0.2, 0.25) is 0 Å². The van der Waals surface area contributed by atoms with Crippen LogP contribution >= 0.6 is 29.6 Å². The first-order valence-corrected chi connectivity index (χ1v) is 7.64. The van der Waals surface area contributed by atoms with Crippen molar-refractivity contribution in [3.63, 3.8) is 0 Å². The van der Waals surface area contributed by atoms with Crippen molar-refractivity contribution in [2.75, 3.05) is 0 Å². The van der Waals surface area contributed by atoms with Crippen molar-refractivity contribution in [2.45, 2.75) is 0 Å². The summed E-state index contributed by atoms with van der Waals surface area (Å²) in [6.07, 6.45) is 0. The quantitative estimate of drug-likeness (QED) is 0.614. The topological polar surface area (TPSA) is 18.5 Å². The molecule has 2 rings (SSSR count). The third-order valence-corrected chi connectivity index (χ3v) is 3.15. The molecule has 0 heterocycles. The normalized spacial score (nSPS) is 10.0. The Labute approximate surface area is 110 Å². The van der Waals surface area contributed by atoms with E-state index in [0.29, 0.717) is 0 Å². The summed E-state index contributed by atoms with van der Waals surface area (Å²) in [7, 11) is 4.74. The second-order valence-electron chi connectivity index (χ2n) is 3.29. The monoisotopic (exact) mass is 282 g/mol. The minimum absolute atomic E-state index is 0.808. The molecule has 0 N–H and O–H groups in total. The van der Waals surface area contributed by atoms with E-state index in [-0.39, 0.29) is 0 Å². The molecule has 2 aromatic carbocycles. The summed E-state index contributed by atoms with van der Waals surface area (Å²) in [6, 6.07) is 15.7. The number of rotatable bonds is 4. The fraction of sp³-hybridized carbons (Fsp3) is 0. The van der Waals surface area contributed by atoms with Crippen LogP contribution in [-0.4, -0.2) is 0 Å². The first-order chi connectivity index (χ1) is 8.36. The molecular weight excluding hydrogens is 270 g/mol. The molecule has 0 aliphatic heterocycles. The second kappa shape index (κ2) is 6.26. The Balaban J connectivity index is 2.52. The first-order valence-electron chi connectivity index (χ1n) is 4.95. The van der Waals surface area contributed by atoms with Gasteiger partial charge in [0.25, 0.3) is 0 Å². The molecule has 2 atom stereocenters. The maximum Gasteiger partial charge on any atom is 0.145 e. The Kier molecular flexibility index (Phi) is 4.67. The van der Waals surface area contributed by atoms with Gasteiger partial charge < -0.3 is 8.71 Å². The van der Waals surface area contributed by atoms with E-state index in [1.54, 1.807) is 0 Å². The molecule has 5 heteroatoms. The van der Waals surface area contributed by atoms with Crippen LogP contribution in [0.15, 0.2) is 48.5 Å². The molecule has 0 fully saturated rings. The van der Waals surface area contributed by atoms with E-state index in [1.807, 2.05) is 48.5 Å². The van der Waals surface area contributed by atoms with Crippen LogP contribution in [0.2, 0.25) is 0 Å². The van der Waals surface area contributed by atoms with Crippen molar-refractivity contribution in [1.29, 1.82) is 0 Å². The van der Waals surface area contributed by atoms with Crippen LogP contribution < -0.4 is 8.71 Å². The Morgan fingerprint density at radius 2 is 1.35 bits per heavy atom. The summed E-state index contributed by atoms with van der Waals surface area (Å²) < 4.78 is 10.8. The van der Waals surface area contributed by atoms with Crippen molar-refractivity contribution < 1.29 is 8.71 Å². The lowest BCUT2D eigenvalue weighted by atomic mass is 10.0. The average Bonchev–Trinajstić information content (AvgIpc) is 2.40. The first kappa shape index (κ1) is 12.7. The van der Waals surface area contributed by atoms with E-state index in [1.165, 1.54) is 11.7 Å². The molecule has 0 aromatic heterocycles. The molecular formula is C12H12O2P2S. The highest BCUT2D eigenvalue weighted by atomic mass is 32.7. The molecule has 0 radical (unpaired) electrons. The van der Waals surface area contributed by atoms with Crippen LogP contribution in [0, 0.1) is 0 Å². The zero-order chi connectivity index (χ0) is 12.1. The highest BCUT2D eigenvalue weighted by Crippen LogP contribution is 2.38. The van der Waals surface area contributed by atoms with Crippen LogP contribution in [0.25, 0.3) is 11.1 Å². The van der Waals surface area contributed by atoms with Crippen LogP contribution in [0.4, 0.5) is 0 Å². The summed E-state index contributed by atoms with van der Waals surface area (Å²) in [4.78, 5) is 0. The lowest BCUT2D eigenvalue weighted by Gasteiger charge is -2.11. The standard InChI is InChI=1S/C12H12O2P2S/c15-13-11-7-3-1-5-9(11)10-6-2-4-8-12(10)14-17-16/h1-8H,15-16H2. The summed E-state index contributed by atoms with van der Waals surface area (Å²) in [5, 5.41) is 0. The number of para-hydroxylation sites is 2. The highest BCUT2D eigenvalue weighted by molar-refractivity contribution is 8.41. The van der Waals surface area contributed by atoms with Crippen LogP contribution in [0.1, 0.15) is 0 Å². The Morgan fingerprint density at radius 3 is 1.94 bits per heavy atom. The smallest absolute Gasteiger partial charge is 0.145 e. The summed E-state index contributed by atoms with van der Waals surface area (Å²) >= 11 is 1.25. The van der Waals surface area contributed by atoms with Crippen LogP contribution in [-0.2, 0) is 0 Å². The molecule has 0 spiro atoms. The van der Waals surface area contributed by atoms with Gasteiger partial charge in [0, 0.05) is 11.1 Å². The van der Waals surface area contributed by atoms with E-state index in [2.05, 4.69) is 17.9 Å². The molecule has 17 heavy (non-hydrogen) atoms. The van der Waals surface area contributed by atoms with Gasteiger partial charge in [-0.2, -0.15) is 0 Å². The fourth-order valence-corrected chi connectivity index (χ4v) is 2.37. The van der Waals surface area contributed by atoms with Gasteiger partial charge in [0.1, 0.15) is 11.5 Å². The lowest BCUT2D eigenvalue weighted by Crippen LogP contribution is -1.86. The van der Waals surface area contributed by atoms with Crippen molar-refractivity contribution in [2.24, 2.45) is 0 Å². The van der Waals surface area contributed by atoms with Gasteiger partial charge in [0.15, 0.2) is 0 Å². The molecule has 0 amide bonds. The molecule has 2 nitrogen and oxygen atoms in total. The van der Waals surface area contributed by atoms with Crippen molar-refractivity contribution in [3.05, 3.63) is 48.5 Å². The number of hydrogen-bond donors (Lipinski definition) is 0. The molecule has 0 saturated carbocycles. The molecule has 0 aliphatic rings.